The molecule has 6 heteroatoms. The molecule has 1 fully saturated rings. The van der Waals surface area contributed by atoms with Crippen molar-refractivity contribution in [3.05, 3.63) is 53.6 Å². The Hall–Kier alpha value is -2.86. The Morgan fingerprint density at radius 1 is 1.12 bits per heavy atom. The van der Waals surface area contributed by atoms with Crippen LogP contribution in [-0.2, 0) is 4.74 Å². The predicted octanol–water partition coefficient (Wildman–Crippen LogP) is 2.90. The second-order valence-electron chi connectivity index (χ2n) is 6.23. The van der Waals surface area contributed by atoms with Crippen LogP contribution in [-0.4, -0.2) is 31.1 Å². The van der Waals surface area contributed by atoms with E-state index in [4.69, 9.17) is 4.74 Å². The molecule has 0 radical (unpaired) electrons. The van der Waals surface area contributed by atoms with Crippen LogP contribution in [0.4, 0.5) is 17.1 Å². The van der Waals surface area contributed by atoms with Crippen LogP contribution < -0.4 is 16.0 Å². The monoisotopic (exact) mass is 337 g/mol. The molecule has 4 rings (SSSR count). The minimum absolute atomic E-state index is 0.0978. The third-order valence-electron chi connectivity index (χ3n) is 4.49. The molecule has 2 aromatic carbocycles. The number of para-hydroxylation sites is 1. The van der Waals surface area contributed by atoms with E-state index in [1.54, 1.807) is 24.3 Å². The lowest BCUT2D eigenvalue weighted by molar-refractivity contribution is 0.0857. The van der Waals surface area contributed by atoms with Crippen molar-refractivity contribution in [2.75, 3.05) is 23.8 Å². The molecule has 1 atom stereocenters. The average Bonchev–Trinajstić information content (AvgIpc) is 3.10. The Bertz CT molecular complexity index is 828. The maximum absolute atomic E-state index is 12.4. The number of benzene rings is 2. The van der Waals surface area contributed by atoms with Gasteiger partial charge in [-0.25, -0.2) is 0 Å². The van der Waals surface area contributed by atoms with Crippen molar-refractivity contribution in [2.24, 2.45) is 0 Å². The van der Waals surface area contributed by atoms with Crippen molar-refractivity contribution in [3.63, 3.8) is 0 Å². The zero-order valence-corrected chi connectivity index (χ0v) is 13.7. The Kier molecular flexibility index (Phi) is 4.11. The van der Waals surface area contributed by atoms with Crippen LogP contribution in [0, 0.1) is 0 Å². The molecule has 0 saturated carbocycles. The molecule has 2 heterocycles. The first kappa shape index (κ1) is 15.7. The number of nitrogens with one attached hydrogen (secondary N) is 3. The van der Waals surface area contributed by atoms with Crippen LogP contribution in [0.2, 0.25) is 0 Å². The summed E-state index contributed by atoms with van der Waals surface area (Å²) in [6, 6.07) is 12.6. The summed E-state index contributed by atoms with van der Waals surface area (Å²) in [6.45, 7) is 1.27. The highest BCUT2D eigenvalue weighted by Gasteiger charge is 2.20. The molecule has 1 saturated heterocycles. The van der Waals surface area contributed by atoms with E-state index in [0.29, 0.717) is 23.4 Å². The normalized spacial score (nSPS) is 18.4. The molecule has 2 aromatic rings. The molecule has 0 aromatic heterocycles. The van der Waals surface area contributed by atoms with E-state index in [1.807, 2.05) is 18.2 Å². The quantitative estimate of drug-likeness (QED) is 0.805. The van der Waals surface area contributed by atoms with Gasteiger partial charge in [0.1, 0.15) is 0 Å². The molecule has 2 aliphatic rings. The molecule has 0 aliphatic carbocycles. The SMILES string of the molecule is O=C(NCC1CCCO1)c1ccc2c(c1)NC(=O)c1ccccc1N2. The number of carbonyl (C=O) groups is 2. The zero-order chi connectivity index (χ0) is 17.2. The molecule has 128 valence electrons. The number of ether oxygens (including phenoxy) is 1. The Morgan fingerprint density at radius 2 is 2.00 bits per heavy atom. The number of fused-ring (bicyclic) bond motifs is 2. The van der Waals surface area contributed by atoms with Crippen LogP contribution >= 0.6 is 0 Å². The lowest BCUT2D eigenvalue weighted by Crippen LogP contribution is -2.31. The second kappa shape index (κ2) is 6.57. The van der Waals surface area contributed by atoms with Crippen LogP contribution in [0.25, 0.3) is 0 Å². The van der Waals surface area contributed by atoms with Gasteiger partial charge in [0.05, 0.1) is 28.7 Å². The fourth-order valence-electron chi connectivity index (χ4n) is 3.14. The summed E-state index contributed by atoms with van der Waals surface area (Å²) in [6.07, 6.45) is 2.11. The summed E-state index contributed by atoms with van der Waals surface area (Å²) in [5.74, 6) is -0.368. The number of amides is 2. The van der Waals surface area contributed by atoms with Gasteiger partial charge in [-0.15, -0.1) is 0 Å². The van der Waals surface area contributed by atoms with Crippen molar-refractivity contribution in [1.29, 1.82) is 0 Å². The predicted molar refractivity (Wildman–Crippen MR) is 95.4 cm³/mol. The van der Waals surface area contributed by atoms with Gasteiger partial charge in [-0.05, 0) is 43.2 Å². The summed E-state index contributed by atoms with van der Waals surface area (Å²) in [7, 11) is 0. The number of anilines is 3. The summed E-state index contributed by atoms with van der Waals surface area (Å²) in [5, 5.41) is 9.00. The molecule has 2 aliphatic heterocycles. The van der Waals surface area contributed by atoms with E-state index >= 15 is 0 Å². The van der Waals surface area contributed by atoms with E-state index in [-0.39, 0.29) is 17.9 Å². The van der Waals surface area contributed by atoms with Gasteiger partial charge < -0.3 is 20.7 Å². The van der Waals surface area contributed by atoms with Gasteiger partial charge in [0.2, 0.25) is 0 Å². The van der Waals surface area contributed by atoms with E-state index in [9.17, 15) is 9.59 Å². The molecule has 0 bridgehead atoms. The van der Waals surface area contributed by atoms with Gasteiger partial charge in [0.25, 0.3) is 11.8 Å². The lowest BCUT2D eigenvalue weighted by Gasteiger charge is -2.13. The highest BCUT2D eigenvalue weighted by molar-refractivity contribution is 6.12. The molecule has 0 spiro atoms. The van der Waals surface area contributed by atoms with Gasteiger partial charge in [-0.2, -0.15) is 0 Å². The van der Waals surface area contributed by atoms with Crippen LogP contribution in [0.1, 0.15) is 33.6 Å². The van der Waals surface area contributed by atoms with Crippen molar-refractivity contribution in [2.45, 2.75) is 18.9 Å². The molecule has 2 amide bonds. The summed E-state index contributed by atoms with van der Waals surface area (Å²) in [4.78, 5) is 24.8. The third-order valence-corrected chi connectivity index (χ3v) is 4.49. The molecule has 1 unspecified atom stereocenters. The maximum atomic E-state index is 12.4. The van der Waals surface area contributed by atoms with Crippen molar-refractivity contribution >= 4 is 28.9 Å². The molecule has 3 N–H and O–H groups in total. The summed E-state index contributed by atoms with van der Waals surface area (Å²) in [5.41, 5.74) is 3.17. The van der Waals surface area contributed by atoms with Gasteiger partial charge in [-0.1, -0.05) is 12.1 Å². The number of hydrogen-bond donors (Lipinski definition) is 3. The summed E-state index contributed by atoms with van der Waals surface area (Å²) >= 11 is 0. The number of carbonyl (C=O) groups excluding carboxylic acids is 2. The first-order chi connectivity index (χ1) is 12.2. The average molecular weight is 337 g/mol. The lowest BCUT2D eigenvalue weighted by atomic mass is 10.1. The van der Waals surface area contributed by atoms with E-state index < -0.39 is 0 Å². The van der Waals surface area contributed by atoms with Crippen molar-refractivity contribution in [3.8, 4) is 0 Å². The maximum Gasteiger partial charge on any atom is 0.257 e. The van der Waals surface area contributed by atoms with Crippen molar-refractivity contribution in [1.82, 2.24) is 5.32 Å². The minimum Gasteiger partial charge on any atom is -0.376 e. The minimum atomic E-state index is -0.196. The molecule has 6 nitrogen and oxygen atoms in total. The third kappa shape index (κ3) is 3.21. The first-order valence-corrected chi connectivity index (χ1v) is 8.42. The van der Waals surface area contributed by atoms with E-state index in [2.05, 4.69) is 16.0 Å². The van der Waals surface area contributed by atoms with Crippen LogP contribution in [0.5, 0.6) is 0 Å². The Labute approximate surface area is 145 Å². The summed E-state index contributed by atoms with van der Waals surface area (Å²) < 4.78 is 5.51. The van der Waals surface area contributed by atoms with Crippen molar-refractivity contribution < 1.29 is 14.3 Å². The zero-order valence-electron chi connectivity index (χ0n) is 13.7. The fraction of sp³-hybridized carbons (Fsp3) is 0.263. The molecule has 25 heavy (non-hydrogen) atoms. The van der Waals surface area contributed by atoms with Crippen LogP contribution in [0.3, 0.4) is 0 Å². The largest absolute Gasteiger partial charge is 0.376 e. The highest BCUT2D eigenvalue weighted by Crippen LogP contribution is 2.32. The Balaban J connectivity index is 1.53. The first-order valence-electron chi connectivity index (χ1n) is 8.42. The smallest absolute Gasteiger partial charge is 0.257 e. The van der Waals surface area contributed by atoms with Gasteiger partial charge in [0, 0.05) is 18.7 Å². The number of rotatable bonds is 3. The topological polar surface area (TPSA) is 79.5 Å². The van der Waals surface area contributed by atoms with E-state index in [1.165, 1.54) is 0 Å². The van der Waals surface area contributed by atoms with Gasteiger partial charge >= 0.3 is 0 Å². The fourth-order valence-corrected chi connectivity index (χ4v) is 3.14. The molecular formula is C19H19N3O3. The number of hydrogen-bond acceptors (Lipinski definition) is 4. The molecular weight excluding hydrogens is 318 g/mol. The van der Waals surface area contributed by atoms with E-state index in [0.717, 1.165) is 30.8 Å². The van der Waals surface area contributed by atoms with Gasteiger partial charge in [-0.3, -0.25) is 9.59 Å². The standard InChI is InChI=1S/C19H19N3O3/c23-18(20-11-13-4-3-9-25-13)12-7-8-16-17(10-12)22-19(24)14-5-1-2-6-15(14)21-16/h1-2,5-8,10,13,21H,3-4,9,11H2,(H,20,23)(H,22,24). The Morgan fingerprint density at radius 3 is 2.84 bits per heavy atom. The highest BCUT2D eigenvalue weighted by atomic mass is 16.5. The van der Waals surface area contributed by atoms with Gasteiger partial charge in [0.15, 0.2) is 0 Å². The second-order valence-corrected chi connectivity index (χ2v) is 6.23. The van der Waals surface area contributed by atoms with Crippen LogP contribution in [0.15, 0.2) is 42.5 Å².